The van der Waals surface area contributed by atoms with E-state index >= 15 is 0 Å². The molecule has 0 saturated heterocycles. The van der Waals surface area contributed by atoms with Crippen molar-refractivity contribution >= 4 is 22.8 Å². The Morgan fingerprint density at radius 2 is 2.18 bits per heavy atom. The van der Waals surface area contributed by atoms with E-state index in [1.54, 1.807) is 0 Å². The molecule has 2 aromatic heterocycles. The second-order valence-electron chi connectivity index (χ2n) is 6.12. The largest absolute Gasteiger partial charge is 0.382 e. The van der Waals surface area contributed by atoms with Gasteiger partial charge in [-0.1, -0.05) is 0 Å². The fourth-order valence-corrected chi connectivity index (χ4v) is 2.73. The molecular weight excluding hydrogens is 278 g/mol. The highest BCUT2D eigenvalue weighted by Gasteiger charge is 2.28. The molecule has 22 heavy (non-hydrogen) atoms. The number of carbonyl (C=O) groups excluding carboxylic acids is 1. The number of aryl methyl sites for hydroxylation is 3. The van der Waals surface area contributed by atoms with Gasteiger partial charge in [-0.25, -0.2) is 9.97 Å². The molecular formula is C16H23N5O. The Morgan fingerprint density at radius 1 is 1.41 bits per heavy atom. The average Bonchev–Trinajstić information content (AvgIpc) is 3.25. The smallest absolute Gasteiger partial charge is 0.223 e. The van der Waals surface area contributed by atoms with Gasteiger partial charge >= 0.3 is 0 Å². The minimum atomic E-state index is 0.221. The van der Waals surface area contributed by atoms with E-state index in [9.17, 15) is 4.79 Å². The zero-order chi connectivity index (χ0) is 15.7. The first-order valence-corrected chi connectivity index (χ1v) is 7.93. The molecule has 0 atom stereocenters. The molecule has 6 nitrogen and oxygen atoms in total. The van der Waals surface area contributed by atoms with E-state index in [2.05, 4.69) is 26.8 Å². The van der Waals surface area contributed by atoms with Gasteiger partial charge in [0, 0.05) is 24.7 Å². The third-order valence-corrected chi connectivity index (χ3v) is 4.34. The van der Waals surface area contributed by atoms with Crippen LogP contribution in [0.2, 0.25) is 0 Å². The Balaban J connectivity index is 1.58. The number of hydrogen-bond acceptors (Lipinski definition) is 4. The normalized spacial score (nSPS) is 14.5. The first-order valence-electron chi connectivity index (χ1n) is 7.93. The first-order chi connectivity index (χ1) is 10.6. The van der Waals surface area contributed by atoms with Crippen LogP contribution in [0.3, 0.4) is 0 Å². The van der Waals surface area contributed by atoms with Crippen LogP contribution in [0.5, 0.6) is 0 Å². The molecule has 2 heterocycles. The summed E-state index contributed by atoms with van der Waals surface area (Å²) in [5.41, 5.74) is 9.88. The standard InChI is InChI=1S/C16H23N5O/c1-10-11(2)20-15(17)13-14(10)21(9-19-13)8-4-3-7-18-16(22)12-5-6-12/h9,12H,3-8H2,1-2H3,(H2,17,20)(H,18,22). The number of nitrogen functional groups attached to an aromatic ring is 1. The van der Waals surface area contributed by atoms with Gasteiger partial charge in [0.2, 0.25) is 5.91 Å². The van der Waals surface area contributed by atoms with E-state index in [-0.39, 0.29) is 5.91 Å². The summed E-state index contributed by atoms with van der Waals surface area (Å²) in [5, 5.41) is 3.00. The number of hydrogen-bond donors (Lipinski definition) is 2. The lowest BCUT2D eigenvalue weighted by molar-refractivity contribution is -0.122. The lowest BCUT2D eigenvalue weighted by atomic mass is 10.2. The molecule has 3 N–H and O–H groups in total. The minimum Gasteiger partial charge on any atom is -0.382 e. The van der Waals surface area contributed by atoms with E-state index in [0.717, 1.165) is 61.1 Å². The Hall–Kier alpha value is -2.11. The van der Waals surface area contributed by atoms with Crippen molar-refractivity contribution in [1.29, 1.82) is 0 Å². The fourth-order valence-electron chi connectivity index (χ4n) is 2.73. The van der Waals surface area contributed by atoms with E-state index in [0.29, 0.717) is 11.7 Å². The number of pyridine rings is 1. The van der Waals surface area contributed by atoms with Gasteiger partial charge in [-0.05, 0) is 45.1 Å². The van der Waals surface area contributed by atoms with Gasteiger partial charge in [0.1, 0.15) is 5.52 Å². The van der Waals surface area contributed by atoms with Crippen molar-refractivity contribution in [2.45, 2.75) is 46.1 Å². The second kappa shape index (κ2) is 5.94. The van der Waals surface area contributed by atoms with Crippen LogP contribution >= 0.6 is 0 Å². The number of aromatic nitrogens is 3. The Bertz CT molecular complexity index is 702. The van der Waals surface area contributed by atoms with Crippen LogP contribution in [0, 0.1) is 19.8 Å². The number of nitrogens with zero attached hydrogens (tertiary/aromatic N) is 3. The van der Waals surface area contributed by atoms with Gasteiger partial charge in [-0.2, -0.15) is 0 Å². The summed E-state index contributed by atoms with van der Waals surface area (Å²) in [6, 6.07) is 0. The van der Waals surface area contributed by atoms with Crippen molar-refractivity contribution < 1.29 is 4.79 Å². The van der Waals surface area contributed by atoms with Gasteiger partial charge < -0.3 is 15.6 Å². The zero-order valence-electron chi connectivity index (χ0n) is 13.2. The van der Waals surface area contributed by atoms with E-state index < -0.39 is 0 Å². The van der Waals surface area contributed by atoms with Crippen molar-refractivity contribution in [1.82, 2.24) is 19.9 Å². The maximum atomic E-state index is 11.5. The second-order valence-corrected chi connectivity index (χ2v) is 6.12. The SMILES string of the molecule is Cc1nc(N)c2ncn(CCCCNC(=O)C3CC3)c2c1C. The number of imidazole rings is 1. The summed E-state index contributed by atoms with van der Waals surface area (Å²) >= 11 is 0. The van der Waals surface area contributed by atoms with Crippen LogP contribution in [0.4, 0.5) is 5.82 Å². The van der Waals surface area contributed by atoms with Gasteiger partial charge in [-0.15, -0.1) is 0 Å². The van der Waals surface area contributed by atoms with Crippen LogP contribution < -0.4 is 11.1 Å². The molecule has 1 aliphatic carbocycles. The molecule has 0 radical (unpaired) electrons. The summed E-state index contributed by atoms with van der Waals surface area (Å²) in [4.78, 5) is 20.2. The number of amides is 1. The number of anilines is 1. The Morgan fingerprint density at radius 3 is 2.91 bits per heavy atom. The predicted octanol–water partition coefficient (Wildman–Crippen LogP) is 1.94. The average molecular weight is 301 g/mol. The molecule has 1 aliphatic rings. The van der Waals surface area contributed by atoms with E-state index in [4.69, 9.17) is 5.73 Å². The van der Waals surface area contributed by atoms with Crippen molar-refractivity contribution in [2.24, 2.45) is 5.92 Å². The van der Waals surface area contributed by atoms with Crippen LogP contribution in [-0.2, 0) is 11.3 Å². The predicted molar refractivity (Wildman–Crippen MR) is 86.4 cm³/mol. The van der Waals surface area contributed by atoms with Crippen molar-refractivity contribution in [3.63, 3.8) is 0 Å². The maximum Gasteiger partial charge on any atom is 0.223 e. The summed E-state index contributed by atoms with van der Waals surface area (Å²) in [7, 11) is 0. The summed E-state index contributed by atoms with van der Waals surface area (Å²) in [6.07, 6.45) is 5.91. The van der Waals surface area contributed by atoms with Crippen LogP contribution in [0.25, 0.3) is 11.0 Å². The number of nitrogens with two attached hydrogens (primary N) is 1. The Labute approximate surface area is 130 Å². The minimum absolute atomic E-state index is 0.221. The van der Waals surface area contributed by atoms with Crippen LogP contribution in [-0.4, -0.2) is 27.0 Å². The fraction of sp³-hybridized carbons (Fsp3) is 0.562. The molecule has 6 heteroatoms. The van der Waals surface area contributed by atoms with Crippen molar-refractivity contribution in [3.05, 3.63) is 17.6 Å². The molecule has 0 aliphatic heterocycles. The highest BCUT2D eigenvalue weighted by Crippen LogP contribution is 2.28. The number of nitrogens with one attached hydrogen (secondary N) is 1. The molecule has 0 bridgehead atoms. The van der Waals surface area contributed by atoms with E-state index in [1.165, 1.54) is 0 Å². The lowest BCUT2D eigenvalue weighted by Crippen LogP contribution is -2.25. The monoisotopic (exact) mass is 301 g/mol. The third kappa shape index (κ3) is 2.91. The molecule has 1 saturated carbocycles. The number of unbranched alkanes of at least 4 members (excludes halogenated alkanes) is 1. The molecule has 0 aromatic carbocycles. The lowest BCUT2D eigenvalue weighted by Gasteiger charge is -2.09. The molecule has 1 fully saturated rings. The molecule has 1 amide bonds. The van der Waals surface area contributed by atoms with Gasteiger partial charge in [0.25, 0.3) is 0 Å². The summed E-state index contributed by atoms with van der Waals surface area (Å²) in [6.45, 7) is 5.65. The zero-order valence-corrected chi connectivity index (χ0v) is 13.2. The van der Waals surface area contributed by atoms with Gasteiger partial charge in [0.05, 0.1) is 11.8 Å². The van der Waals surface area contributed by atoms with Crippen molar-refractivity contribution in [3.8, 4) is 0 Å². The van der Waals surface area contributed by atoms with Gasteiger partial charge in [0.15, 0.2) is 5.82 Å². The molecule has 3 rings (SSSR count). The van der Waals surface area contributed by atoms with E-state index in [1.807, 2.05) is 13.3 Å². The third-order valence-electron chi connectivity index (χ3n) is 4.34. The molecule has 0 spiro atoms. The first kappa shape index (κ1) is 14.8. The summed E-state index contributed by atoms with van der Waals surface area (Å²) in [5.74, 6) is 1.01. The highest BCUT2D eigenvalue weighted by atomic mass is 16.2. The quantitative estimate of drug-likeness (QED) is 0.798. The highest BCUT2D eigenvalue weighted by molar-refractivity contribution is 5.88. The van der Waals surface area contributed by atoms with Gasteiger partial charge in [-0.3, -0.25) is 4.79 Å². The van der Waals surface area contributed by atoms with Crippen molar-refractivity contribution in [2.75, 3.05) is 12.3 Å². The molecule has 2 aromatic rings. The number of carbonyl (C=O) groups is 1. The topological polar surface area (TPSA) is 85.8 Å². The molecule has 0 unspecified atom stereocenters. The van der Waals surface area contributed by atoms with Crippen LogP contribution in [0.1, 0.15) is 36.9 Å². The maximum absolute atomic E-state index is 11.5. The number of fused-ring (bicyclic) bond motifs is 1. The Kier molecular flexibility index (Phi) is 4.00. The molecule has 118 valence electrons. The number of rotatable bonds is 6. The summed E-state index contributed by atoms with van der Waals surface area (Å²) < 4.78 is 2.14. The van der Waals surface area contributed by atoms with Crippen LogP contribution in [0.15, 0.2) is 6.33 Å².